The molecule has 0 radical (unpaired) electrons. The van der Waals surface area contributed by atoms with E-state index in [-0.39, 0.29) is 5.60 Å². The first-order chi connectivity index (χ1) is 6.27. The summed E-state index contributed by atoms with van der Waals surface area (Å²) in [4.78, 5) is 0. The maximum Gasteiger partial charge on any atom is 0.0942 e. The van der Waals surface area contributed by atoms with Crippen molar-refractivity contribution in [2.75, 3.05) is 6.61 Å². The van der Waals surface area contributed by atoms with E-state index in [9.17, 15) is 0 Å². The topological polar surface area (TPSA) is 12.5 Å². The second-order valence-corrected chi connectivity index (χ2v) is 6.93. The summed E-state index contributed by atoms with van der Waals surface area (Å²) < 4.78 is 5.68. The normalized spacial score (nSPS) is 51.6. The summed E-state index contributed by atoms with van der Waals surface area (Å²) in [6.45, 7) is 12.9. The minimum atomic E-state index is 0.193. The molecule has 1 nitrogen and oxygen atoms in total. The number of rotatable bonds is 1. The van der Waals surface area contributed by atoms with Crippen LogP contribution in [0, 0.1) is 16.7 Å². The summed E-state index contributed by atoms with van der Waals surface area (Å²) in [5.74, 6) is 0.852. The number of epoxide rings is 1. The third kappa shape index (κ3) is 1.60. The first-order valence-electron chi connectivity index (χ1n) is 5.90. The summed E-state index contributed by atoms with van der Waals surface area (Å²) in [5.41, 5.74) is 1.11. The smallest absolute Gasteiger partial charge is 0.0942 e. The molecule has 1 aliphatic carbocycles. The van der Waals surface area contributed by atoms with Gasteiger partial charge in [-0.05, 0) is 42.9 Å². The van der Waals surface area contributed by atoms with Gasteiger partial charge in [-0.25, -0.2) is 0 Å². The van der Waals surface area contributed by atoms with E-state index in [2.05, 4.69) is 34.6 Å². The van der Waals surface area contributed by atoms with E-state index in [1.807, 2.05) is 0 Å². The van der Waals surface area contributed by atoms with Gasteiger partial charge in [-0.2, -0.15) is 0 Å². The zero-order valence-electron chi connectivity index (χ0n) is 10.3. The van der Waals surface area contributed by atoms with Crippen molar-refractivity contribution < 1.29 is 4.74 Å². The van der Waals surface area contributed by atoms with Crippen LogP contribution in [-0.4, -0.2) is 12.2 Å². The molecule has 1 heteroatoms. The predicted octanol–water partition coefficient (Wildman–Crippen LogP) is 3.63. The predicted molar refractivity (Wildman–Crippen MR) is 59.3 cm³/mol. The number of hydrogen-bond donors (Lipinski definition) is 0. The Morgan fingerprint density at radius 2 is 1.64 bits per heavy atom. The van der Waals surface area contributed by atoms with Crippen LogP contribution in [0.5, 0.6) is 0 Å². The largest absolute Gasteiger partial charge is 0.369 e. The van der Waals surface area contributed by atoms with E-state index >= 15 is 0 Å². The molecule has 2 rings (SSSR count). The van der Waals surface area contributed by atoms with Crippen LogP contribution in [0.15, 0.2) is 0 Å². The molecule has 14 heavy (non-hydrogen) atoms. The molecule has 1 aliphatic heterocycles. The van der Waals surface area contributed by atoms with Crippen molar-refractivity contribution >= 4 is 0 Å². The Kier molecular flexibility index (Phi) is 2.06. The lowest BCUT2D eigenvalue weighted by Gasteiger charge is -2.48. The molecule has 3 atom stereocenters. The number of hydrogen-bond acceptors (Lipinski definition) is 1. The van der Waals surface area contributed by atoms with E-state index in [1.54, 1.807) is 0 Å². The van der Waals surface area contributed by atoms with Gasteiger partial charge < -0.3 is 4.74 Å². The zero-order chi connectivity index (χ0) is 10.6. The zero-order valence-corrected chi connectivity index (χ0v) is 10.3. The summed E-state index contributed by atoms with van der Waals surface area (Å²) in [7, 11) is 0. The highest BCUT2D eigenvalue weighted by atomic mass is 16.6. The van der Waals surface area contributed by atoms with Gasteiger partial charge in [0.15, 0.2) is 0 Å². The molecule has 0 N–H and O–H groups in total. The molecule has 1 saturated heterocycles. The Bertz CT molecular complexity index is 240. The lowest BCUT2D eigenvalue weighted by atomic mass is 9.57. The molecule has 2 fully saturated rings. The molecule has 1 heterocycles. The second kappa shape index (κ2) is 2.75. The minimum Gasteiger partial charge on any atom is -0.369 e. The van der Waals surface area contributed by atoms with E-state index < -0.39 is 0 Å². The molecule has 0 bridgehead atoms. The highest BCUT2D eigenvalue weighted by Gasteiger charge is 2.58. The van der Waals surface area contributed by atoms with Crippen molar-refractivity contribution in [2.24, 2.45) is 16.7 Å². The molecule has 0 spiro atoms. The van der Waals surface area contributed by atoms with Crippen LogP contribution in [0.3, 0.4) is 0 Å². The Balaban J connectivity index is 2.19. The Labute approximate surface area is 88.2 Å². The van der Waals surface area contributed by atoms with E-state index in [0.29, 0.717) is 10.8 Å². The average molecular weight is 196 g/mol. The van der Waals surface area contributed by atoms with Crippen molar-refractivity contribution in [1.82, 2.24) is 0 Å². The van der Waals surface area contributed by atoms with Crippen molar-refractivity contribution in [3.63, 3.8) is 0 Å². The second-order valence-electron chi connectivity index (χ2n) is 6.93. The molecule has 2 aliphatic rings. The molecule has 0 amide bonds. The van der Waals surface area contributed by atoms with Gasteiger partial charge in [0.1, 0.15) is 0 Å². The first-order valence-corrected chi connectivity index (χ1v) is 5.90. The quantitative estimate of drug-likeness (QED) is 0.583. The highest BCUT2D eigenvalue weighted by molar-refractivity contribution is 5.07. The minimum absolute atomic E-state index is 0.193. The third-order valence-electron chi connectivity index (χ3n) is 4.42. The van der Waals surface area contributed by atoms with Gasteiger partial charge >= 0.3 is 0 Å². The highest BCUT2D eigenvalue weighted by Crippen LogP contribution is 2.58. The molecule has 0 aromatic rings. The molecular formula is C13H24O. The molecule has 82 valence electrons. The Morgan fingerprint density at radius 1 is 1.07 bits per heavy atom. The van der Waals surface area contributed by atoms with E-state index in [4.69, 9.17) is 4.74 Å². The molecule has 0 aromatic carbocycles. The molecule has 0 aromatic heterocycles. The first kappa shape index (κ1) is 10.5. The van der Waals surface area contributed by atoms with Gasteiger partial charge in [0.25, 0.3) is 0 Å². The SMILES string of the molecule is CC1CC(C)(C)CC(C)(C2(C)CO2)C1. The van der Waals surface area contributed by atoms with Crippen molar-refractivity contribution in [3.8, 4) is 0 Å². The molecule has 3 unspecified atom stereocenters. The summed E-state index contributed by atoms with van der Waals surface area (Å²) in [6.07, 6.45) is 4.03. The van der Waals surface area contributed by atoms with Crippen LogP contribution in [0.2, 0.25) is 0 Å². The monoisotopic (exact) mass is 196 g/mol. The van der Waals surface area contributed by atoms with Crippen molar-refractivity contribution in [1.29, 1.82) is 0 Å². The number of ether oxygens (including phenoxy) is 1. The van der Waals surface area contributed by atoms with Gasteiger partial charge in [0.05, 0.1) is 12.2 Å². The van der Waals surface area contributed by atoms with Gasteiger partial charge in [0, 0.05) is 0 Å². The average Bonchev–Trinajstić information content (AvgIpc) is 2.62. The molecular weight excluding hydrogens is 172 g/mol. The van der Waals surface area contributed by atoms with Gasteiger partial charge in [-0.1, -0.05) is 27.7 Å². The van der Waals surface area contributed by atoms with Crippen LogP contribution < -0.4 is 0 Å². The van der Waals surface area contributed by atoms with Crippen molar-refractivity contribution in [2.45, 2.75) is 59.5 Å². The van der Waals surface area contributed by atoms with Crippen LogP contribution in [0.25, 0.3) is 0 Å². The van der Waals surface area contributed by atoms with Gasteiger partial charge in [-0.15, -0.1) is 0 Å². The van der Waals surface area contributed by atoms with Crippen LogP contribution in [0.4, 0.5) is 0 Å². The standard InChI is InChI=1S/C13H24O/c1-10-6-11(2,3)8-12(4,7-10)13(5)9-14-13/h10H,6-9H2,1-5H3. The summed E-state index contributed by atoms with van der Waals surface area (Å²) in [5, 5.41) is 0. The maximum absolute atomic E-state index is 5.68. The fourth-order valence-corrected chi connectivity index (χ4v) is 3.84. The lowest BCUT2D eigenvalue weighted by molar-refractivity contribution is 0.000938. The third-order valence-corrected chi connectivity index (χ3v) is 4.42. The van der Waals surface area contributed by atoms with Crippen LogP contribution in [-0.2, 0) is 4.74 Å². The Morgan fingerprint density at radius 3 is 2.07 bits per heavy atom. The summed E-state index contributed by atoms with van der Waals surface area (Å²) >= 11 is 0. The van der Waals surface area contributed by atoms with Crippen LogP contribution in [0.1, 0.15) is 53.9 Å². The fourth-order valence-electron chi connectivity index (χ4n) is 3.84. The van der Waals surface area contributed by atoms with E-state index in [0.717, 1.165) is 12.5 Å². The van der Waals surface area contributed by atoms with Gasteiger partial charge in [-0.3, -0.25) is 0 Å². The van der Waals surface area contributed by atoms with Gasteiger partial charge in [0.2, 0.25) is 0 Å². The van der Waals surface area contributed by atoms with Crippen molar-refractivity contribution in [3.05, 3.63) is 0 Å². The summed E-state index contributed by atoms with van der Waals surface area (Å²) in [6, 6.07) is 0. The molecule has 1 saturated carbocycles. The van der Waals surface area contributed by atoms with E-state index in [1.165, 1.54) is 19.3 Å². The maximum atomic E-state index is 5.68. The van der Waals surface area contributed by atoms with Crippen LogP contribution >= 0.6 is 0 Å². The fraction of sp³-hybridized carbons (Fsp3) is 1.00. The Hall–Kier alpha value is -0.0400. The lowest BCUT2D eigenvalue weighted by Crippen LogP contribution is -2.43.